The van der Waals surface area contributed by atoms with Crippen molar-refractivity contribution in [3.8, 4) is 0 Å². The van der Waals surface area contributed by atoms with Gasteiger partial charge in [0.1, 0.15) is 11.2 Å². The smallest absolute Gasteiger partial charge is 0.413 e. The van der Waals surface area contributed by atoms with Gasteiger partial charge >= 0.3 is 24.1 Å². The Hall–Kier alpha value is -3.87. The summed E-state index contributed by atoms with van der Waals surface area (Å²) in [6.45, 7) is 14.6. The molecule has 0 saturated heterocycles. The van der Waals surface area contributed by atoms with Crippen molar-refractivity contribution < 1.29 is 43.2 Å². The van der Waals surface area contributed by atoms with Gasteiger partial charge in [0.15, 0.2) is 26.8 Å². The first-order chi connectivity index (χ1) is 20.5. The third-order valence-electron chi connectivity index (χ3n) is 3.92. The maximum Gasteiger partial charge on any atom is 0.413 e. The average molecular weight is 675 g/mol. The van der Waals surface area contributed by atoms with Crippen molar-refractivity contribution in [2.24, 2.45) is 0 Å². The molecule has 3 rings (SSSR count). The van der Waals surface area contributed by atoms with Crippen LogP contribution in [0.15, 0.2) is 16.1 Å². The molecule has 5 N–H and O–H groups in total. The summed E-state index contributed by atoms with van der Waals surface area (Å²) in [5.41, 5.74) is 5.20. The number of hydrogen-bond donors (Lipinski definition) is 4. The molecule has 244 valence electrons. The number of anilines is 3. The molecule has 3 heterocycles. The Labute approximate surface area is 267 Å². The summed E-state index contributed by atoms with van der Waals surface area (Å²) >= 11 is 3.60. The van der Waals surface area contributed by atoms with Crippen molar-refractivity contribution in [1.82, 2.24) is 15.0 Å². The second kappa shape index (κ2) is 18.1. The van der Waals surface area contributed by atoms with Crippen LogP contribution in [0, 0.1) is 0 Å². The lowest BCUT2D eigenvalue weighted by Crippen LogP contribution is -2.27. The Bertz CT molecular complexity index is 1360. The fourth-order valence-corrected chi connectivity index (χ4v) is 4.32. The van der Waals surface area contributed by atoms with E-state index >= 15 is 0 Å². The topological polar surface area (TPSA) is 214 Å². The molecule has 0 fully saturated rings. The van der Waals surface area contributed by atoms with Gasteiger partial charge in [-0.3, -0.25) is 10.6 Å². The third-order valence-corrected chi connectivity index (χ3v) is 6.16. The van der Waals surface area contributed by atoms with E-state index < -0.39 is 35.3 Å². The molecule has 0 spiro atoms. The Morgan fingerprint density at radius 1 is 0.750 bits per heavy atom. The van der Waals surface area contributed by atoms with Gasteiger partial charge in [-0.25, -0.2) is 34.1 Å². The number of aromatic nitrogens is 3. The second-order valence-electron chi connectivity index (χ2n) is 10.1. The normalized spacial score (nSPS) is 10.7. The summed E-state index contributed by atoms with van der Waals surface area (Å²) in [5, 5.41) is 19.6. The van der Waals surface area contributed by atoms with Crippen molar-refractivity contribution >= 4 is 73.5 Å². The van der Waals surface area contributed by atoms with Crippen molar-refractivity contribution in [1.29, 1.82) is 0 Å². The van der Waals surface area contributed by atoms with Crippen LogP contribution in [-0.2, 0) is 25.6 Å². The predicted molar refractivity (Wildman–Crippen MR) is 168 cm³/mol. The first kappa shape index (κ1) is 38.2. The summed E-state index contributed by atoms with van der Waals surface area (Å²) in [6, 6.07) is 0. The van der Waals surface area contributed by atoms with Gasteiger partial charge in [-0.2, -0.15) is 0 Å². The van der Waals surface area contributed by atoms with Gasteiger partial charge in [0, 0.05) is 16.1 Å². The number of nitrogens with one attached hydrogen (secondary N) is 2. The molecule has 0 saturated carbocycles. The summed E-state index contributed by atoms with van der Waals surface area (Å²) in [7, 11) is 0. The van der Waals surface area contributed by atoms with Gasteiger partial charge in [-0.1, -0.05) is 0 Å². The number of rotatable bonds is 7. The molecule has 0 atom stereocenters. The number of nitrogens with two attached hydrogens (primary N) is 1. The number of aliphatic hydroxyl groups is 1. The third kappa shape index (κ3) is 16.1. The van der Waals surface area contributed by atoms with E-state index in [1.165, 1.54) is 28.1 Å². The highest BCUT2D eigenvalue weighted by Crippen LogP contribution is 2.18. The summed E-state index contributed by atoms with van der Waals surface area (Å²) in [6.07, 6.45) is -1.14. The van der Waals surface area contributed by atoms with Crippen molar-refractivity contribution in [2.45, 2.75) is 73.2 Å². The highest BCUT2D eigenvalue weighted by Gasteiger charge is 2.19. The van der Waals surface area contributed by atoms with Crippen LogP contribution < -0.4 is 16.4 Å². The largest absolute Gasteiger partial charge is 0.461 e. The minimum Gasteiger partial charge on any atom is -0.461 e. The first-order valence-electron chi connectivity index (χ1n) is 13.0. The number of carbonyl (C=O) groups excluding carboxylic acids is 4. The van der Waals surface area contributed by atoms with E-state index in [1.54, 1.807) is 66.2 Å². The number of thiazole rings is 3. The summed E-state index contributed by atoms with van der Waals surface area (Å²) < 4.78 is 19.6. The van der Waals surface area contributed by atoms with Crippen molar-refractivity contribution in [2.75, 3.05) is 29.6 Å². The molecule has 18 heteroatoms. The Kier molecular flexibility index (Phi) is 15.7. The van der Waals surface area contributed by atoms with Gasteiger partial charge in [-0.05, 0) is 55.4 Å². The molecule has 2 amide bonds. The first-order valence-corrected chi connectivity index (χ1v) is 15.7. The van der Waals surface area contributed by atoms with E-state index in [0.29, 0.717) is 27.7 Å². The van der Waals surface area contributed by atoms with E-state index in [2.05, 4.69) is 25.6 Å². The lowest BCUT2D eigenvalue weighted by Gasteiger charge is -2.18. The number of esters is 2. The number of ether oxygens (including phenoxy) is 4. The Morgan fingerprint density at radius 2 is 1.18 bits per heavy atom. The van der Waals surface area contributed by atoms with Crippen LogP contribution in [0.4, 0.5) is 25.0 Å². The molecular weight excluding hydrogens is 637 g/mol. The highest BCUT2D eigenvalue weighted by molar-refractivity contribution is 7.14. The maximum absolute atomic E-state index is 11.5. The lowest BCUT2D eigenvalue weighted by molar-refractivity contribution is 0.0511. The van der Waals surface area contributed by atoms with Crippen LogP contribution in [-0.4, -0.2) is 68.6 Å². The highest BCUT2D eigenvalue weighted by atomic mass is 32.1. The number of amides is 2. The number of nitrogen functional groups attached to an aromatic ring is 1. The van der Waals surface area contributed by atoms with Crippen LogP contribution in [0.2, 0.25) is 0 Å². The monoisotopic (exact) mass is 674 g/mol. The SMILES string of the molecule is CC(C)(C)OC(=O)Nc1nc(CO)cs1.CCOC(=O)c1csc(N)n1.CCOC(=O)c1csc(NC(=O)OC(C)(C)C)n1. The zero-order valence-corrected chi connectivity index (χ0v) is 28.2. The maximum atomic E-state index is 11.5. The predicted octanol–water partition coefficient (Wildman–Crippen LogP) is 5.55. The molecule has 44 heavy (non-hydrogen) atoms. The molecule has 0 aromatic carbocycles. The molecule has 3 aromatic rings. The van der Waals surface area contributed by atoms with Crippen LogP contribution >= 0.6 is 34.0 Å². The van der Waals surface area contributed by atoms with E-state index in [4.69, 9.17) is 29.8 Å². The minimum atomic E-state index is -0.604. The van der Waals surface area contributed by atoms with Gasteiger partial charge in [0.2, 0.25) is 0 Å². The lowest BCUT2D eigenvalue weighted by atomic mass is 10.2. The van der Waals surface area contributed by atoms with Crippen LogP contribution in [0.3, 0.4) is 0 Å². The molecule has 0 unspecified atom stereocenters. The Morgan fingerprint density at radius 3 is 1.57 bits per heavy atom. The molecule has 3 aromatic heterocycles. The number of hydrogen-bond acceptors (Lipinski definition) is 16. The number of carbonyl (C=O) groups is 4. The number of nitrogens with zero attached hydrogens (tertiary/aromatic N) is 3. The van der Waals surface area contributed by atoms with E-state index in [9.17, 15) is 19.2 Å². The Balaban J connectivity index is 0.000000339. The van der Waals surface area contributed by atoms with Crippen LogP contribution in [0.25, 0.3) is 0 Å². The van der Waals surface area contributed by atoms with Crippen LogP contribution in [0.5, 0.6) is 0 Å². The van der Waals surface area contributed by atoms with E-state index in [0.717, 1.165) is 11.3 Å². The molecule has 0 aliphatic heterocycles. The van der Waals surface area contributed by atoms with Gasteiger partial charge < -0.3 is 29.8 Å². The van der Waals surface area contributed by atoms with Gasteiger partial charge in [0.05, 0.1) is 25.5 Å². The fraction of sp³-hybridized carbons (Fsp3) is 0.500. The van der Waals surface area contributed by atoms with Crippen LogP contribution in [0.1, 0.15) is 82.1 Å². The van der Waals surface area contributed by atoms with Crippen molar-refractivity contribution in [3.05, 3.63) is 33.2 Å². The zero-order valence-electron chi connectivity index (χ0n) is 25.7. The average Bonchev–Trinajstić information content (AvgIpc) is 3.64. The molecule has 0 aliphatic carbocycles. The second-order valence-corrected chi connectivity index (χ2v) is 12.7. The molecule has 0 radical (unpaired) electrons. The van der Waals surface area contributed by atoms with Gasteiger partial charge in [0.25, 0.3) is 0 Å². The fourth-order valence-electron chi connectivity index (χ4n) is 2.44. The zero-order chi connectivity index (χ0) is 33.5. The summed E-state index contributed by atoms with van der Waals surface area (Å²) in [4.78, 5) is 56.7. The molecule has 15 nitrogen and oxygen atoms in total. The van der Waals surface area contributed by atoms with Crippen molar-refractivity contribution in [3.63, 3.8) is 0 Å². The molecular formula is C26H38N6O9S3. The minimum absolute atomic E-state index is 0.132. The van der Waals surface area contributed by atoms with E-state index in [1.807, 2.05) is 0 Å². The molecule has 0 bridgehead atoms. The van der Waals surface area contributed by atoms with Gasteiger partial charge in [-0.15, -0.1) is 34.0 Å². The quantitative estimate of drug-likeness (QED) is 0.179. The number of aliphatic hydroxyl groups excluding tert-OH is 1. The summed E-state index contributed by atoms with van der Waals surface area (Å²) in [5.74, 6) is -0.925. The molecule has 0 aliphatic rings. The standard InChI is InChI=1S/C11H16N2O4S.C9H14N2O3S.C6H8N2O2S/c1-5-16-8(14)7-6-18-9(12-7)13-10(15)17-11(2,3)4;1-9(2,3)14-8(13)11-7-10-6(4-12)5-15-7;1-2-10-5(9)4-3-11-6(7)8-4/h6H,5H2,1-4H3,(H,12,13,15);5,12H,4H2,1-3H3,(H,10,11,13);3H,2H2,1H3,(H2,7,8). The van der Waals surface area contributed by atoms with E-state index in [-0.39, 0.29) is 24.6 Å².